The molecule has 0 N–H and O–H groups in total. The first-order valence-corrected chi connectivity index (χ1v) is 11.7. The molecule has 1 aliphatic heterocycles. The summed E-state index contributed by atoms with van der Waals surface area (Å²) in [6.45, 7) is 0.472. The van der Waals surface area contributed by atoms with Gasteiger partial charge in [-0.25, -0.2) is 0 Å². The van der Waals surface area contributed by atoms with Crippen molar-refractivity contribution in [3.8, 4) is 17.2 Å². The molecule has 36 heavy (non-hydrogen) atoms. The van der Waals surface area contributed by atoms with E-state index < -0.39 is 4.92 Å². The Hall–Kier alpha value is -4.31. The number of hydrogen-bond acceptors (Lipinski definition) is 8. The molecule has 3 aromatic rings. The minimum Gasteiger partial charge on any atom is -0.493 e. The molecule has 0 atom stereocenters. The first kappa shape index (κ1) is 24.8. The fourth-order valence-electron chi connectivity index (χ4n) is 3.40. The fraction of sp³-hybridized carbons (Fsp3) is 0.154. The molecule has 184 valence electrons. The SMILES string of the molecule is COc1ccccc1OCCN1C(=O)S/C(=C\c2cccc(OCc3ccc([N+](=O)[O-])cc3)c2)C1=O. The molecule has 1 saturated heterocycles. The lowest BCUT2D eigenvalue weighted by molar-refractivity contribution is -0.384. The molecule has 0 unspecified atom stereocenters. The molecule has 3 aromatic carbocycles. The number of nitrogens with zero attached hydrogens (tertiary/aromatic N) is 2. The Labute approximate surface area is 211 Å². The highest BCUT2D eigenvalue weighted by Gasteiger charge is 2.34. The largest absolute Gasteiger partial charge is 0.493 e. The number of nitro benzene ring substituents is 1. The average Bonchev–Trinajstić information content (AvgIpc) is 3.15. The van der Waals surface area contributed by atoms with Crippen molar-refractivity contribution in [1.82, 2.24) is 4.90 Å². The van der Waals surface area contributed by atoms with Gasteiger partial charge in [0.15, 0.2) is 11.5 Å². The van der Waals surface area contributed by atoms with Gasteiger partial charge in [-0.15, -0.1) is 0 Å². The normalized spacial score (nSPS) is 14.2. The van der Waals surface area contributed by atoms with Crippen LogP contribution in [0, 0.1) is 10.1 Å². The van der Waals surface area contributed by atoms with E-state index >= 15 is 0 Å². The number of nitro groups is 1. The minimum atomic E-state index is -0.455. The van der Waals surface area contributed by atoms with E-state index in [4.69, 9.17) is 14.2 Å². The summed E-state index contributed by atoms with van der Waals surface area (Å²) in [4.78, 5) is 37.0. The molecule has 2 amide bonds. The maximum Gasteiger partial charge on any atom is 0.293 e. The first-order chi connectivity index (χ1) is 17.4. The summed E-state index contributed by atoms with van der Waals surface area (Å²) in [5, 5.41) is 10.4. The van der Waals surface area contributed by atoms with Crippen molar-refractivity contribution in [1.29, 1.82) is 0 Å². The number of non-ortho nitro benzene ring substituents is 1. The minimum absolute atomic E-state index is 0.0149. The van der Waals surface area contributed by atoms with Crippen molar-refractivity contribution in [2.45, 2.75) is 6.61 Å². The van der Waals surface area contributed by atoms with Crippen LogP contribution in [0.3, 0.4) is 0 Å². The number of methoxy groups -OCH3 is 1. The molecule has 1 heterocycles. The molecule has 0 aliphatic carbocycles. The molecular weight excluding hydrogens is 484 g/mol. The molecule has 0 radical (unpaired) electrons. The molecule has 0 spiro atoms. The Kier molecular flexibility index (Phi) is 7.86. The monoisotopic (exact) mass is 506 g/mol. The zero-order valence-corrected chi connectivity index (χ0v) is 20.1. The van der Waals surface area contributed by atoms with Crippen LogP contribution < -0.4 is 14.2 Å². The molecule has 1 fully saturated rings. The van der Waals surface area contributed by atoms with E-state index in [0.717, 1.165) is 22.2 Å². The van der Waals surface area contributed by atoms with E-state index in [1.807, 2.05) is 12.1 Å². The summed E-state index contributed by atoms with van der Waals surface area (Å²) >= 11 is 0.873. The first-order valence-electron chi connectivity index (χ1n) is 10.9. The number of amides is 2. The van der Waals surface area contributed by atoms with Crippen molar-refractivity contribution in [3.05, 3.63) is 98.9 Å². The van der Waals surface area contributed by atoms with Crippen molar-refractivity contribution in [3.63, 3.8) is 0 Å². The van der Waals surface area contributed by atoms with Crippen LogP contribution in [-0.4, -0.2) is 41.2 Å². The van der Waals surface area contributed by atoms with E-state index in [1.54, 1.807) is 61.7 Å². The van der Waals surface area contributed by atoms with Gasteiger partial charge in [0.25, 0.3) is 16.8 Å². The summed E-state index contributed by atoms with van der Waals surface area (Å²) in [5.41, 5.74) is 1.50. The van der Waals surface area contributed by atoms with Gasteiger partial charge < -0.3 is 14.2 Å². The van der Waals surface area contributed by atoms with Gasteiger partial charge in [0.2, 0.25) is 0 Å². The van der Waals surface area contributed by atoms with E-state index in [1.165, 1.54) is 12.1 Å². The number of rotatable bonds is 10. The van der Waals surface area contributed by atoms with Crippen molar-refractivity contribution >= 4 is 34.7 Å². The highest BCUT2D eigenvalue weighted by molar-refractivity contribution is 8.18. The number of carbonyl (C=O) groups is 2. The standard InChI is InChI=1S/C26H22N2O7S/c1-33-22-7-2-3-8-23(22)34-14-13-27-25(29)24(36-26(27)30)16-19-5-4-6-21(15-19)35-17-18-9-11-20(12-10-18)28(31)32/h2-12,15-16H,13-14,17H2,1H3/b24-16-. The maximum absolute atomic E-state index is 12.8. The Balaban J connectivity index is 1.36. The Morgan fingerprint density at radius 3 is 2.44 bits per heavy atom. The summed E-state index contributed by atoms with van der Waals surface area (Å²) in [5.74, 6) is 1.28. The van der Waals surface area contributed by atoms with E-state index in [0.29, 0.717) is 27.7 Å². The van der Waals surface area contributed by atoms with Crippen LogP contribution in [0.4, 0.5) is 10.5 Å². The van der Waals surface area contributed by atoms with Crippen LogP contribution in [0.2, 0.25) is 0 Å². The lowest BCUT2D eigenvalue weighted by Crippen LogP contribution is -2.32. The molecule has 0 aromatic heterocycles. The quantitative estimate of drug-likeness (QED) is 0.207. The second kappa shape index (κ2) is 11.4. The van der Waals surface area contributed by atoms with Gasteiger partial charge in [-0.1, -0.05) is 24.3 Å². The van der Waals surface area contributed by atoms with Crippen LogP contribution in [0.1, 0.15) is 11.1 Å². The zero-order valence-electron chi connectivity index (χ0n) is 19.3. The highest BCUT2D eigenvalue weighted by Crippen LogP contribution is 2.33. The maximum atomic E-state index is 12.8. The van der Waals surface area contributed by atoms with E-state index in [9.17, 15) is 19.7 Å². The van der Waals surface area contributed by atoms with Crippen LogP contribution >= 0.6 is 11.8 Å². The van der Waals surface area contributed by atoms with Gasteiger partial charge in [-0.05, 0) is 65.4 Å². The van der Waals surface area contributed by atoms with Crippen molar-refractivity contribution in [2.75, 3.05) is 20.3 Å². The summed E-state index contributed by atoms with van der Waals surface area (Å²) in [6.07, 6.45) is 1.64. The third-order valence-electron chi connectivity index (χ3n) is 5.22. The van der Waals surface area contributed by atoms with Crippen LogP contribution in [0.5, 0.6) is 17.2 Å². The third kappa shape index (κ3) is 6.02. The van der Waals surface area contributed by atoms with Crippen LogP contribution in [-0.2, 0) is 11.4 Å². The van der Waals surface area contributed by atoms with Crippen molar-refractivity contribution in [2.24, 2.45) is 0 Å². The van der Waals surface area contributed by atoms with E-state index in [-0.39, 0.29) is 36.6 Å². The average molecular weight is 507 g/mol. The number of imide groups is 1. The number of hydrogen-bond donors (Lipinski definition) is 0. The molecular formula is C26H22N2O7S. The Bertz CT molecular complexity index is 1310. The number of para-hydroxylation sites is 2. The third-order valence-corrected chi connectivity index (χ3v) is 6.13. The molecule has 4 rings (SSSR count). The summed E-state index contributed by atoms with van der Waals surface area (Å²) in [7, 11) is 1.54. The lowest BCUT2D eigenvalue weighted by atomic mass is 10.2. The van der Waals surface area contributed by atoms with E-state index in [2.05, 4.69) is 0 Å². The summed E-state index contributed by atoms with van der Waals surface area (Å²) < 4.78 is 16.7. The van der Waals surface area contributed by atoms with Crippen LogP contribution in [0.25, 0.3) is 6.08 Å². The number of benzene rings is 3. The Morgan fingerprint density at radius 2 is 1.72 bits per heavy atom. The molecule has 10 heteroatoms. The molecule has 0 saturated carbocycles. The predicted molar refractivity (Wildman–Crippen MR) is 135 cm³/mol. The zero-order chi connectivity index (χ0) is 25.5. The highest BCUT2D eigenvalue weighted by atomic mass is 32.2. The summed E-state index contributed by atoms with van der Waals surface area (Å²) in [6, 6.07) is 20.4. The van der Waals surface area contributed by atoms with Gasteiger partial charge in [0.05, 0.1) is 23.5 Å². The van der Waals surface area contributed by atoms with Gasteiger partial charge in [0.1, 0.15) is 19.0 Å². The predicted octanol–water partition coefficient (Wildman–Crippen LogP) is 5.30. The molecule has 1 aliphatic rings. The lowest BCUT2D eigenvalue weighted by Gasteiger charge is -2.14. The number of thioether (sulfide) groups is 1. The van der Waals surface area contributed by atoms with Gasteiger partial charge in [-0.2, -0.15) is 0 Å². The molecule has 9 nitrogen and oxygen atoms in total. The fourth-order valence-corrected chi connectivity index (χ4v) is 4.27. The smallest absolute Gasteiger partial charge is 0.293 e. The number of carbonyl (C=O) groups excluding carboxylic acids is 2. The van der Waals surface area contributed by atoms with Gasteiger partial charge in [0, 0.05) is 12.1 Å². The number of ether oxygens (including phenoxy) is 3. The topological polar surface area (TPSA) is 108 Å². The van der Waals surface area contributed by atoms with Crippen LogP contribution in [0.15, 0.2) is 77.7 Å². The second-order valence-corrected chi connectivity index (χ2v) is 8.61. The van der Waals surface area contributed by atoms with Gasteiger partial charge in [-0.3, -0.25) is 24.6 Å². The Morgan fingerprint density at radius 1 is 0.972 bits per heavy atom. The molecule has 0 bridgehead atoms. The van der Waals surface area contributed by atoms with Crippen molar-refractivity contribution < 1.29 is 28.7 Å². The second-order valence-electron chi connectivity index (χ2n) is 7.62. The van der Waals surface area contributed by atoms with Gasteiger partial charge >= 0.3 is 0 Å².